The van der Waals surface area contributed by atoms with Gasteiger partial charge in [0.25, 0.3) is 5.91 Å². The maximum absolute atomic E-state index is 12.8. The fourth-order valence-corrected chi connectivity index (χ4v) is 3.50. The molecule has 0 spiro atoms. The molecule has 0 saturated carbocycles. The first-order valence-corrected chi connectivity index (χ1v) is 8.99. The number of nitrogens with zero attached hydrogens (tertiary/aromatic N) is 1. The molecule has 9 nitrogen and oxygen atoms in total. The summed E-state index contributed by atoms with van der Waals surface area (Å²) < 4.78 is 5.54. The second-order valence-electron chi connectivity index (χ2n) is 6.76. The quantitative estimate of drug-likeness (QED) is 0.198. The smallest absolute Gasteiger partial charge is 0.322 e. The van der Waals surface area contributed by atoms with Gasteiger partial charge in [0.05, 0.1) is 6.04 Å². The SMILES string of the molecule is CCCCC1(C(CC(=O)c2cc3ccccc3o2)N(O)C=O)NC(=O)NC1=O. The summed E-state index contributed by atoms with van der Waals surface area (Å²) in [5.74, 6) is -1.15. The first-order chi connectivity index (χ1) is 13.4. The lowest BCUT2D eigenvalue weighted by molar-refractivity contribution is -0.170. The Morgan fingerprint density at radius 2 is 2.11 bits per heavy atom. The number of benzene rings is 1. The number of fused-ring (bicyclic) bond motifs is 1. The second-order valence-corrected chi connectivity index (χ2v) is 6.76. The third-order valence-electron chi connectivity index (χ3n) is 4.97. The Morgan fingerprint density at radius 1 is 1.36 bits per heavy atom. The number of amides is 4. The van der Waals surface area contributed by atoms with E-state index in [1.165, 1.54) is 0 Å². The van der Waals surface area contributed by atoms with Gasteiger partial charge in [-0.25, -0.2) is 9.86 Å². The van der Waals surface area contributed by atoms with Crippen LogP contribution in [0.3, 0.4) is 0 Å². The molecule has 1 aliphatic rings. The van der Waals surface area contributed by atoms with E-state index >= 15 is 0 Å². The van der Waals surface area contributed by atoms with Gasteiger partial charge in [-0.3, -0.25) is 24.9 Å². The van der Waals surface area contributed by atoms with Crippen LogP contribution in [-0.4, -0.2) is 46.0 Å². The summed E-state index contributed by atoms with van der Waals surface area (Å²) >= 11 is 0. The number of para-hydroxylation sites is 1. The largest absolute Gasteiger partial charge is 0.453 e. The van der Waals surface area contributed by atoms with Gasteiger partial charge in [-0.1, -0.05) is 38.0 Å². The summed E-state index contributed by atoms with van der Waals surface area (Å²) in [4.78, 5) is 48.4. The molecule has 28 heavy (non-hydrogen) atoms. The molecule has 1 aromatic heterocycles. The minimum Gasteiger partial charge on any atom is -0.453 e. The average Bonchev–Trinajstić information content (AvgIpc) is 3.24. The number of hydroxylamine groups is 2. The van der Waals surface area contributed by atoms with Crippen molar-refractivity contribution in [2.45, 2.75) is 44.2 Å². The van der Waals surface area contributed by atoms with Crippen molar-refractivity contribution in [3.8, 4) is 0 Å². The van der Waals surface area contributed by atoms with Crippen LogP contribution in [0.5, 0.6) is 0 Å². The average molecular weight is 387 g/mol. The minimum atomic E-state index is -1.61. The van der Waals surface area contributed by atoms with Crippen LogP contribution in [0.2, 0.25) is 0 Å². The van der Waals surface area contributed by atoms with Gasteiger partial charge in [-0.05, 0) is 18.6 Å². The van der Waals surface area contributed by atoms with Crippen LogP contribution in [0.1, 0.15) is 43.2 Å². The minimum absolute atomic E-state index is 0.0425. The molecule has 1 saturated heterocycles. The zero-order chi connectivity index (χ0) is 20.3. The van der Waals surface area contributed by atoms with Crippen molar-refractivity contribution in [1.29, 1.82) is 0 Å². The van der Waals surface area contributed by atoms with E-state index in [2.05, 4.69) is 10.6 Å². The van der Waals surface area contributed by atoms with Gasteiger partial charge in [-0.2, -0.15) is 0 Å². The Balaban J connectivity index is 1.94. The zero-order valence-electron chi connectivity index (χ0n) is 15.3. The lowest BCUT2D eigenvalue weighted by Gasteiger charge is -2.36. The molecule has 2 aromatic rings. The Labute approximate surface area is 160 Å². The van der Waals surface area contributed by atoms with E-state index < -0.39 is 35.7 Å². The number of nitrogens with one attached hydrogen (secondary N) is 2. The second kappa shape index (κ2) is 7.81. The number of hydrogen-bond acceptors (Lipinski definition) is 6. The van der Waals surface area contributed by atoms with Gasteiger partial charge in [0.1, 0.15) is 11.1 Å². The van der Waals surface area contributed by atoms with Gasteiger partial charge in [-0.15, -0.1) is 0 Å². The predicted molar refractivity (Wildman–Crippen MR) is 97.6 cm³/mol. The monoisotopic (exact) mass is 387 g/mol. The van der Waals surface area contributed by atoms with Crippen LogP contribution in [0.15, 0.2) is 34.7 Å². The van der Waals surface area contributed by atoms with Gasteiger partial charge < -0.3 is 9.73 Å². The van der Waals surface area contributed by atoms with Gasteiger partial charge in [0.15, 0.2) is 11.5 Å². The van der Waals surface area contributed by atoms with Crippen molar-refractivity contribution in [3.05, 3.63) is 36.1 Å². The van der Waals surface area contributed by atoms with E-state index in [0.717, 1.165) is 5.39 Å². The molecule has 9 heteroatoms. The molecule has 2 unspecified atom stereocenters. The van der Waals surface area contributed by atoms with Gasteiger partial charge in [0, 0.05) is 11.8 Å². The van der Waals surface area contributed by atoms with Gasteiger partial charge >= 0.3 is 6.03 Å². The van der Waals surface area contributed by atoms with Crippen LogP contribution in [0.25, 0.3) is 11.0 Å². The molecule has 0 radical (unpaired) electrons. The number of ketones is 1. The van der Waals surface area contributed by atoms with Crippen molar-refractivity contribution < 1.29 is 28.8 Å². The Bertz CT molecular complexity index is 890. The summed E-state index contributed by atoms with van der Waals surface area (Å²) in [6.07, 6.45) is 1.11. The molecule has 148 valence electrons. The number of imide groups is 1. The first kappa shape index (κ1) is 19.6. The third-order valence-corrected chi connectivity index (χ3v) is 4.97. The molecule has 3 rings (SSSR count). The highest BCUT2D eigenvalue weighted by atomic mass is 16.5. The van der Waals surface area contributed by atoms with E-state index in [1.54, 1.807) is 30.3 Å². The van der Waals surface area contributed by atoms with Crippen molar-refractivity contribution in [1.82, 2.24) is 15.7 Å². The molecule has 4 amide bonds. The molecule has 1 aliphatic heterocycles. The number of carbonyl (C=O) groups excluding carboxylic acids is 4. The lowest BCUT2D eigenvalue weighted by Crippen LogP contribution is -2.62. The summed E-state index contributed by atoms with van der Waals surface area (Å²) in [7, 11) is 0. The topological polar surface area (TPSA) is 129 Å². The number of urea groups is 1. The van der Waals surface area contributed by atoms with E-state index in [-0.39, 0.29) is 23.7 Å². The molecule has 0 bridgehead atoms. The molecule has 1 aromatic carbocycles. The fourth-order valence-electron chi connectivity index (χ4n) is 3.50. The molecular formula is C19H21N3O6. The third kappa shape index (κ3) is 3.48. The van der Waals surface area contributed by atoms with E-state index in [0.29, 0.717) is 18.4 Å². The maximum atomic E-state index is 12.8. The first-order valence-electron chi connectivity index (χ1n) is 8.99. The molecular weight excluding hydrogens is 366 g/mol. The molecule has 3 N–H and O–H groups in total. The van der Waals surface area contributed by atoms with E-state index in [4.69, 9.17) is 4.42 Å². The predicted octanol–water partition coefficient (Wildman–Crippen LogP) is 1.99. The number of Topliss-reactive ketones (excluding diaryl/α,β-unsaturated/α-hetero) is 1. The standard InChI is InChI=1S/C19H21N3O6/c1-2-3-8-19(17(25)20-18(26)21-19)16(22(27)11-23)10-13(24)15-9-12-6-4-5-7-14(12)28-15/h4-7,9,11,16,27H,2-3,8,10H2,1H3,(H2,20,21,25,26). The number of hydrogen-bond donors (Lipinski definition) is 3. The summed E-state index contributed by atoms with van der Waals surface area (Å²) in [6.45, 7) is 1.90. The van der Waals surface area contributed by atoms with E-state index in [1.807, 2.05) is 6.92 Å². The van der Waals surface area contributed by atoms with Crippen molar-refractivity contribution in [3.63, 3.8) is 0 Å². The highest BCUT2D eigenvalue weighted by Crippen LogP contribution is 2.30. The summed E-state index contributed by atoms with van der Waals surface area (Å²) in [5.41, 5.74) is -1.09. The fraction of sp³-hybridized carbons (Fsp3) is 0.368. The van der Waals surface area contributed by atoms with Crippen molar-refractivity contribution in [2.75, 3.05) is 0 Å². The van der Waals surface area contributed by atoms with E-state index in [9.17, 15) is 24.4 Å². The molecule has 2 atom stereocenters. The number of furan rings is 1. The van der Waals surface area contributed by atoms with Gasteiger partial charge in [0.2, 0.25) is 6.41 Å². The highest BCUT2D eigenvalue weighted by Gasteiger charge is 2.54. The van der Waals surface area contributed by atoms with Crippen LogP contribution in [0, 0.1) is 0 Å². The highest BCUT2D eigenvalue weighted by molar-refractivity contribution is 6.08. The lowest BCUT2D eigenvalue weighted by atomic mass is 9.81. The maximum Gasteiger partial charge on any atom is 0.322 e. The number of rotatable bonds is 9. The normalized spacial score (nSPS) is 19.9. The Kier molecular flexibility index (Phi) is 5.46. The summed E-state index contributed by atoms with van der Waals surface area (Å²) in [6, 6.07) is 6.59. The molecule has 0 aliphatic carbocycles. The van der Waals surface area contributed by atoms with Crippen LogP contribution < -0.4 is 10.6 Å². The number of carbonyl (C=O) groups is 4. The molecule has 2 heterocycles. The van der Waals surface area contributed by atoms with Crippen molar-refractivity contribution in [2.24, 2.45) is 0 Å². The zero-order valence-corrected chi connectivity index (χ0v) is 15.3. The van der Waals surface area contributed by atoms with Crippen LogP contribution in [0.4, 0.5) is 4.79 Å². The van der Waals surface area contributed by atoms with Crippen molar-refractivity contribution >= 4 is 35.1 Å². The Morgan fingerprint density at radius 3 is 2.71 bits per heavy atom. The Hall–Kier alpha value is -3.20. The summed E-state index contributed by atoms with van der Waals surface area (Å²) in [5, 5.41) is 15.8. The van der Waals surface area contributed by atoms with Crippen LogP contribution >= 0.6 is 0 Å². The number of unbranched alkanes of at least 4 members (excludes halogenated alkanes) is 1. The van der Waals surface area contributed by atoms with Crippen LogP contribution in [-0.2, 0) is 9.59 Å². The molecule has 1 fully saturated rings.